The van der Waals surface area contributed by atoms with Crippen molar-refractivity contribution in [2.75, 3.05) is 25.2 Å². The van der Waals surface area contributed by atoms with Gasteiger partial charge in [-0.2, -0.15) is 11.8 Å². The van der Waals surface area contributed by atoms with Crippen molar-refractivity contribution in [1.82, 2.24) is 10.2 Å². The van der Waals surface area contributed by atoms with Gasteiger partial charge in [0.2, 0.25) is 0 Å². The highest BCUT2D eigenvalue weighted by Gasteiger charge is 2.25. The van der Waals surface area contributed by atoms with E-state index < -0.39 is 18.0 Å². The molecule has 1 aliphatic heterocycles. The van der Waals surface area contributed by atoms with Crippen LogP contribution in [0.25, 0.3) is 0 Å². The summed E-state index contributed by atoms with van der Waals surface area (Å²) in [4.78, 5) is 25.2. The second-order valence-electron chi connectivity index (χ2n) is 5.14. The zero-order valence-corrected chi connectivity index (χ0v) is 14.3. The van der Waals surface area contributed by atoms with Crippen LogP contribution in [0.2, 0.25) is 5.02 Å². The van der Waals surface area contributed by atoms with Gasteiger partial charge < -0.3 is 20.1 Å². The monoisotopic (exact) mass is 358 g/mol. The molecular formula is C15H19ClN2O4S. The van der Waals surface area contributed by atoms with Crippen molar-refractivity contribution in [3.05, 3.63) is 28.8 Å². The average molecular weight is 359 g/mol. The molecule has 23 heavy (non-hydrogen) atoms. The van der Waals surface area contributed by atoms with E-state index in [4.69, 9.17) is 16.3 Å². The lowest BCUT2D eigenvalue weighted by atomic mass is 10.2. The maximum absolute atomic E-state index is 12.4. The maximum Gasteiger partial charge on any atom is 0.326 e. The van der Waals surface area contributed by atoms with E-state index >= 15 is 0 Å². The Morgan fingerprint density at radius 1 is 1.52 bits per heavy atom. The summed E-state index contributed by atoms with van der Waals surface area (Å²) in [5.41, 5.74) is 0.807. The molecule has 0 saturated carbocycles. The molecule has 0 spiro atoms. The van der Waals surface area contributed by atoms with Gasteiger partial charge in [0.05, 0.1) is 13.1 Å². The first-order chi connectivity index (χ1) is 11.0. The highest BCUT2D eigenvalue weighted by Crippen LogP contribution is 2.26. The fourth-order valence-electron chi connectivity index (χ4n) is 2.27. The van der Waals surface area contributed by atoms with Gasteiger partial charge >= 0.3 is 12.0 Å². The highest BCUT2D eigenvalue weighted by atomic mass is 35.5. The molecule has 0 saturated heterocycles. The molecule has 0 bridgehead atoms. The number of amides is 2. The van der Waals surface area contributed by atoms with Crippen LogP contribution in [0.15, 0.2) is 18.2 Å². The lowest BCUT2D eigenvalue weighted by Crippen LogP contribution is -2.48. The molecule has 0 fully saturated rings. The van der Waals surface area contributed by atoms with Crippen LogP contribution in [-0.2, 0) is 11.3 Å². The number of halogens is 1. The van der Waals surface area contributed by atoms with Crippen LogP contribution in [0.4, 0.5) is 4.79 Å². The summed E-state index contributed by atoms with van der Waals surface area (Å²) >= 11 is 7.53. The number of aliphatic carboxylic acids is 1. The Morgan fingerprint density at radius 2 is 2.30 bits per heavy atom. The van der Waals surface area contributed by atoms with Gasteiger partial charge in [-0.15, -0.1) is 0 Å². The molecular weight excluding hydrogens is 340 g/mol. The van der Waals surface area contributed by atoms with Crippen LogP contribution in [0.5, 0.6) is 5.75 Å². The number of hydrogen-bond donors (Lipinski definition) is 2. The molecule has 1 aromatic carbocycles. The number of benzene rings is 1. The molecule has 6 nitrogen and oxygen atoms in total. The van der Waals surface area contributed by atoms with Crippen molar-refractivity contribution in [2.45, 2.75) is 19.0 Å². The van der Waals surface area contributed by atoms with E-state index in [0.717, 1.165) is 5.56 Å². The minimum absolute atomic E-state index is 0.330. The fraction of sp³-hybridized carbons (Fsp3) is 0.467. The van der Waals surface area contributed by atoms with Crippen molar-refractivity contribution in [2.24, 2.45) is 0 Å². The highest BCUT2D eigenvalue weighted by molar-refractivity contribution is 7.98. The van der Waals surface area contributed by atoms with Crippen LogP contribution >= 0.6 is 23.4 Å². The molecule has 2 amide bonds. The van der Waals surface area contributed by atoms with Gasteiger partial charge in [-0.1, -0.05) is 11.6 Å². The fourth-order valence-corrected chi connectivity index (χ4v) is 2.94. The maximum atomic E-state index is 12.4. The number of rotatable bonds is 5. The Morgan fingerprint density at radius 3 is 3.00 bits per heavy atom. The number of nitrogens with zero attached hydrogens (tertiary/aromatic N) is 1. The minimum atomic E-state index is -1.03. The lowest BCUT2D eigenvalue weighted by Gasteiger charge is -2.23. The molecule has 0 aromatic heterocycles. The van der Waals surface area contributed by atoms with Gasteiger partial charge in [0.25, 0.3) is 0 Å². The molecule has 1 aliphatic rings. The zero-order chi connectivity index (χ0) is 16.8. The number of carbonyl (C=O) groups is 2. The van der Waals surface area contributed by atoms with Crippen molar-refractivity contribution in [3.8, 4) is 5.75 Å². The number of hydrogen-bond acceptors (Lipinski definition) is 4. The molecule has 8 heteroatoms. The predicted octanol–water partition coefficient (Wildman–Crippen LogP) is 2.45. The number of carbonyl (C=O) groups excluding carboxylic acids is 1. The summed E-state index contributed by atoms with van der Waals surface area (Å²) in [6, 6.07) is 3.97. The molecule has 1 heterocycles. The molecule has 2 rings (SSSR count). The van der Waals surface area contributed by atoms with E-state index in [2.05, 4.69) is 5.32 Å². The summed E-state index contributed by atoms with van der Waals surface area (Å²) in [6.07, 6.45) is 2.28. The third-order valence-corrected chi connectivity index (χ3v) is 4.38. The van der Waals surface area contributed by atoms with E-state index in [1.165, 1.54) is 4.90 Å². The van der Waals surface area contributed by atoms with Crippen LogP contribution in [0.1, 0.15) is 12.0 Å². The second kappa shape index (κ2) is 8.31. The summed E-state index contributed by atoms with van der Waals surface area (Å²) < 4.78 is 5.60. The molecule has 0 aliphatic carbocycles. The summed E-state index contributed by atoms with van der Waals surface area (Å²) in [6.45, 7) is 1.06. The lowest BCUT2D eigenvalue weighted by molar-refractivity contribution is -0.139. The second-order valence-corrected chi connectivity index (χ2v) is 6.57. The van der Waals surface area contributed by atoms with Crippen LogP contribution < -0.4 is 10.1 Å². The summed E-state index contributed by atoms with van der Waals surface area (Å²) in [5, 5.41) is 12.4. The topological polar surface area (TPSA) is 78.9 Å². The number of thioether (sulfide) groups is 1. The Hall–Kier alpha value is -1.60. The molecule has 1 aromatic rings. The van der Waals surface area contributed by atoms with E-state index in [1.54, 1.807) is 30.0 Å². The first kappa shape index (κ1) is 17.7. The van der Waals surface area contributed by atoms with Crippen LogP contribution in [0, 0.1) is 0 Å². The Kier molecular flexibility index (Phi) is 6.41. The molecule has 2 N–H and O–H groups in total. The molecule has 1 unspecified atom stereocenters. The third kappa shape index (κ3) is 4.94. The number of nitrogens with one attached hydrogen (secondary N) is 1. The van der Waals surface area contributed by atoms with Crippen molar-refractivity contribution < 1.29 is 19.4 Å². The first-order valence-electron chi connectivity index (χ1n) is 7.19. The van der Waals surface area contributed by atoms with Crippen LogP contribution in [0.3, 0.4) is 0 Å². The number of carboxylic acid groups (broad SMARTS) is 1. The zero-order valence-electron chi connectivity index (χ0n) is 12.8. The smallest absolute Gasteiger partial charge is 0.326 e. The van der Waals surface area contributed by atoms with Crippen molar-refractivity contribution in [1.29, 1.82) is 0 Å². The van der Waals surface area contributed by atoms with Gasteiger partial charge in [0.15, 0.2) is 0 Å². The van der Waals surface area contributed by atoms with Gasteiger partial charge in [-0.3, -0.25) is 0 Å². The number of carboxylic acids is 1. The Balaban J connectivity index is 2.05. The normalized spacial score (nSPS) is 15.1. The predicted molar refractivity (Wildman–Crippen MR) is 90.3 cm³/mol. The number of urea groups is 1. The van der Waals surface area contributed by atoms with E-state index in [9.17, 15) is 14.7 Å². The average Bonchev–Trinajstić information content (AvgIpc) is 2.72. The largest absolute Gasteiger partial charge is 0.491 e. The quantitative estimate of drug-likeness (QED) is 0.845. The number of fused-ring (bicyclic) bond motifs is 1. The Labute approximate surface area is 144 Å². The Bertz CT molecular complexity index is 585. The van der Waals surface area contributed by atoms with Gasteiger partial charge in [0, 0.05) is 10.6 Å². The van der Waals surface area contributed by atoms with Crippen molar-refractivity contribution >= 4 is 35.4 Å². The summed E-state index contributed by atoms with van der Waals surface area (Å²) in [5.74, 6) is 0.336. The summed E-state index contributed by atoms with van der Waals surface area (Å²) in [7, 11) is 0. The molecule has 1 atom stereocenters. The van der Waals surface area contributed by atoms with Crippen molar-refractivity contribution in [3.63, 3.8) is 0 Å². The number of ether oxygens (including phenoxy) is 1. The molecule has 0 radical (unpaired) electrons. The van der Waals surface area contributed by atoms with E-state index in [1.807, 2.05) is 6.26 Å². The van der Waals surface area contributed by atoms with Gasteiger partial charge in [-0.25, -0.2) is 9.59 Å². The van der Waals surface area contributed by atoms with Gasteiger partial charge in [0.1, 0.15) is 18.4 Å². The standard InChI is InChI=1S/C15H19ClN2O4S/c1-23-7-4-12(14(19)20)17-15(21)18-5-6-22-13-3-2-11(16)8-10(13)9-18/h2-3,8,12H,4-7,9H2,1H3,(H,17,21)(H,19,20). The molecule has 126 valence electrons. The van der Waals surface area contributed by atoms with Crippen LogP contribution in [-0.4, -0.2) is 53.2 Å². The first-order valence-corrected chi connectivity index (χ1v) is 8.97. The van der Waals surface area contributed by atoms with E-state index in [0.29, 0.717) is 42.6 Å². The SMILES string of the molecule is CSCCC(NC(=O)N1CCOc2ccc(Cl)cc2C1)C(=O)O. The van der Waals surface area contributed by atoms with E-state index in [-0.39, 0.29) is 0 Å². The minimum Gasteiger partial charge on any atom is -0.491 e. The third-order valence-electron chi connectivity index (χ3n) is 3.50. The van der Waals surface area contributed by atoms with Gasteiger partial charge in [-0.05, 0) is 36.6 Å².